The number of rotatable bonds is 7. The second-order valence-electron chi connectivity index (χ2n) is 3.82. The number of ether oxygens (including phenoxy) is 1. The summed E-state index contributed by atoms with van der Waals surface area (Å²) < 4.78 is 4.71. The summed E-state index contributed by atoms with van der Waals surface area (Å²) in [5.41, 5.74) is -0.0450. The highest BCUT2D eigenvalue weighted by Gasteiger charge is 2.28. The number of carbonyl (C=O) groups is 1. The van der Waals surface area contributed by atoms with Crippen LogP contribution in [0.5, 0.6) is 0 Å². The van der Waals surface area contributed by atoms with E-state index in [1.807, 2.05) is 6.08 Å². The lowest BCUT2D eigenvalue weighted by atomic mass is 9.76. The Labute approximate surface area is 87.3 Å². The molecule has 0 aromatic heterocycles. The quantitative estimate of drug-likeness (QED) is 0.463. The molecule has 0 heterocycles. The summed E-state index contributed by atoms with van der Waals surface area (Å²) in [4.78, 5) is 11.3. The van der Waals surface area contributed by atoms with E-state index in [2.05, 4.69) is 20.4 Å². The van der Waals surface area contributed by atoms with Gasteiger partial charge in [0, 0.05) is 0 Å². The van der Waals surface area contributed by atoms with Gasteiger partial charge >= 0.3 is 5.97 Å². The first-order chi connectivity index (χ1) is 6.64. The van der Waals surface area contributed by atoms with Crippen molar-refractivity contribution in [2.45, 2.75) is 46.0 Å². The van der Waals surface area contributed by atoms with E-state index in [0.29, 0.717) is 6.42 Å². The number of carbonyl (C=O) groups excluding carboxylic acids is 1. The fourth-order valence-electron chi connectivity index (χ4n) is 1.93. The van der Waals surface area contributed by atoms with E-state index in [9.17, 15) is 4.79 Å². The Kier molecular flexibility index (Phi) is 6.26. The largest absolute Gasteiger partial charge is 0.469 e. The minimum Gasteiger partial charge on any atom is -0.469 e. The first kappa shape index (κ1) is 13.2. The summed E-state index contributed by atoms with van der Waals surface area (Å²) in [6, 6.07) is 0. The third-order valence-corrected chi connectivity index (χ3v) is 2.65. The molecule has 0 atom stereocenters. The van der Waals surface area contributed by atoms with Gasteiger partial charge in [0.2, 0.25) is 0 Å². The molecule has 0 unspecified atom stereocenters. The molecule has 0 aliphatic rings. The molecule has 0 rings (SSSR count). The monoisotopic (exact) mass is 198 g/mol. The normalized spacial score (nSPS) is 11.1. The van der Waals surface area contributed by atoms with Crippen molar-refractivity contribution >= 4 is 5.97 Å². The lowest BCUT2D eigenvalue weighted by Gasteiger charge is -2.28. The number of methoxy groups -OCH3 is 1. The highest BCUT2D eigenvalue weighted by atomic mass is 16.5. The SMILES string of the molecule is C=CC(CCC)(CCC)CC(=O)OC. The van der Waals surface area contributed by atoms with Gasteiger partial charge in [0.1, 0.15) is 0 Å². The summed E-state index contributed by atoms with van der Waals surface area (Å²) in [6.07, 6.45) is 6.57. The first-order valence-corrected chi connectivity index (χ1v) is 5.34. The molecule has 2 nitrogen and oxygen atoms in total. The zero-order valence-corrected chi connectivity index (χ0v) is 9.64. The van der Waals surface area contributed by atoms with Crippen molar-refractivity contribution in [1.82, 2.24) is 0 Å². The van der Waals surface area contributed by atoms with Crippen LogP contribution in [0.15, 0.2) is 12.7 Å². The molecule has 0 aliphatic carbocycles. The zero-order chi connectivity index (χ0) is 11.0. The van der Waals surface area contributed by atoms with Crippen molar-refractivity contribution in [3.8, 4) is 0 Å². The van der Waals surface area contributed by atoms with Gasteiger partial charge < -0.3 is 4.74 Å². The number of hydrogen-bond acceptors (Lipinski definition) is 2. The summed E-state index contributed by atoms with van der Waals surface area (Å²) in [5, 5.41) is 0. The van der Waals surface area contributed by atoms with Crippen LogP contribution >= 0.6 is 0 Å². The van der Waals surface area contributed by atoms with E-state index in [0.717, 1.165) is 25.7 Å². The molecule has 0 saturated carbocycles. The van der Waals surface area contributed by atoms with Gasteiger partial charge in [-0.15, -0.1) is 6.58 Å². The average molecular weight is 198 g/mol. The predicted molar refractivity (Wildman–Crippen MR) is 59.1 cm³/mol. The van der Waals surface area contributed by atoms with Crippen LogP contribution in [0, 0.1) is 5.41 Å². The van der Waals surface area contributed by atoms with Crippen molar-refractivity contribution in [3.05, 3.63) is 12.7 Å². The maximum absolute atomic E-state index is 11.3. The lowest BCUT2D eigenvalue weighted by Crippen LogP contribution is -2.22. The molecular weight excluding hydrogens is 176 g/mol. The maximum Gasteiger partial charge on any atom is 0.306 e. The van der Waals surface area contributed by atoms with Crippen molar-refractivity contribution in [3.63, 3.8) is 0 Å². The Hall–Kier alpha value is -0.790. The number of allylic oxidation sites excluding steroid dienone is 1. The number of esters is 1. The molecule has 0 amide bonds. The summed E-state index contributed by atoms with van der Waals surface area (Å²) >= 11 is 0. The van der Waals surface area contributed by atoms with Gasteiger partial charge in [0.15, 0.2) is 0 Å². The van der Waals surface area contributed by atoms with Crippen molar-refractivity contribution in [1.29, 1.82) is 0 Å². The van der Waals surface area contributed by atoms with Gasteiger partial charge in [-0.2, -0.15) is 0 Å². The van der Waals surface area contributed by atoms with E-state index in [4.69, 9.17) is 4.74 Å². The topological polar surface area (TPSA) is 26.3 Å². The second kappa shape index (κ2) is 6.63. The van der Waals surface area contributed by atoms with E-state index in [1.54, 1.807) is 0 Å². The Morgan fingerprint density at radius 2 is 1.86 bits per heavy atom. The molecule has 0 aliphatic heterocycles. The first-order valence-electron chi connectivity index (χ1n) is 5.34. The third kappa shape index (κ3) is 3.95. The van der Waals surface area contributed by atoms with Crippen LogP contribution in [0.4, 0.5) is 0 Å². The molecule has 0 fully saturated rings. The fraction of sp³-hybridized carbons (Fsp3) is 0.750. The molecule has 0 radical (unpaired) electrons. The third-order valence-electron chi connectivity index (χ3n) is 2.65. The van der Waals surface area contributed by atoms with Crippen LogP contribution in [0.2, 0.25) is 0 Å². The van der Waals surface area contributed by atoms with Crippen LogP contribution in [0.1, 0.15) is 46.0 Å². The van der Waals surface area contributed by atoms with E-state index < -0.39 is 0 Å². The maximum atomic E-state index is 11.3. The Bertz CT molecular complexity index is 179. The van der Waals surface area contributed by atoms with Crippen LogP contribution in [-0.4, -0.2) is 13.1 Å². The van der Waals surface area contributed by atoms with E-state index >= 15 is 0 Å². The Balaban J connectivity index is 4.47. The molecule has 0 aromatic carbocycles. The summed E-state index contributed by atoms with van der Waals surface area (Å²) in [6.45, 7) is 8.11. The second-order valence-corrected chi connectivity index (χ2v) is 3.82. The Morgan fingerprint density at radius 3 is 2.14 bits per heavy atom. The van der Waals surface area contributed by atoms with Crippen molar-refractivity contribution in [2.75, 3.05) is 7.11 Å². The molecule has 0 bridgehead atoms. The van der Waals surface area contributed by atoms with Crippen molar-refractivity contribution in [2.24, 2.45) is 5.41 Å². The van der Waals surface area contributed by atoms with Gasteiger partial charge in [0.05, 0.1) is 13.5 Å². The minimum atomic E-state index is -0.133. The molecule has 0 saturated heterocycles. The minimum absolute atomic E-state index is 0.0450. The molecular formula is C12H22O2. The van der Waals surface area contributed by atoms with Crippen LogP contribution in [-0.2, 0) is 9.53 Å². The summed E-state index contributed by atoms with van der Waals surface area (Å²) in [7, 11) is 1.44. The molecule has 0 spiro atoms. The lowest BCUT2D eigenvalue weighted by molar-refractivity contribution is -0.142. The van der Waals surface area contributed by atoms with Gasteiger partial charge in [-0.1, -0.05) is 32.8 Å². The predicted octanol–water partition coefficient (Wildman–Crippen LogP) is 3.32. The van der Waals surface area contributed by atoms with Gasteiger partial charge in [0.25, 0.3) is 0 Å². The zero-order valence-electron chi connectivity index (χ0n) is 9.64. The average Bonchev–Trinajstić information content (AvgIpc) is 2.18. The van der Waals surface area contributed by atoms with Crippen LogP contribution in [0.25, 0.3) is 0 Å². The van der Waals surface area contributed by atoms with Crippen LogP contribution in [0.3, 0.4) is 0 Å². The summed E-state index contributed by atoms with van der Waals surface area (Å²) in [5.74, 6) is -0.133. The molecule has 14 heavy (non-hydrogen) atoms. The number of hydrogen-bond donors (Lipinski definition) is 0. The van der Waals surface area contributed by atoms with E-state index in [1.165, 1.54) is 7.11 Å². The molecule has 0 N–H and O–H groups in total. The Morgan fingerprint density at radius 1 is 1.36 bits per heavy atom. The highest BCUT2D eigenvalue weighted by Crippen LogP contribution is 2.35. The smallest absolute Gasteiger partial charge is 0.306 e. The van der Waals surface area contributed by atoms with Gasteiger partial charge in [-0.25, -0.2) is 0 Å². The van der Waals surface area contributed by atoms with Crippen molar-refractivity contribution < 1.29 is 9.53 Å². The highest BCUT2D eigenvalue weighted by molar-refractivity contribution is 5.70. The molecule has 0 aromatic rings. The van der Waals surface area contributed by atoms with E-state index in [-0.39, 0.29) is 11.4 Å². The standard InChI is InChI=1S/C12H22O2/c1-5-8-12(7-3,9-6-2)10-11(13)14-4/h7H,3,5-6,8-10H2,1-2,4H3. The molecule has 82 valence electrons. The van der Waals surface area contributed by atoms with Gasteiger partial charge in [-0.3, -0.25) is 4.79 Å². The molecule has 2 heteroatoms. The van der Waals surface area contributed by atoms with Gasteiger partial charge in [-0.05, 0) is 18.3 Å². The van der Waals surface area contributed by atoms with Crippen LogP contribution < -0.4 is 0 Å². The fourth-order valence-corrected chi connectivity index (χ4v) is 1.93.